The summed E-state index contributed by atoms with van der Waals surface area (Å²) in [5, 5.41) is 20.9. The Kier molecular flexibility index (Phi) is 7.74. The monoisotopic (exact) mass is 538 g/mol. The molecule has 0 aromatic carbocycles. The minimum absolute atomic E-state index is 0.0163. The molecule has 0 aliphatic carbocycles. The van der Waals surface area contributed by atoms with E-state index in [1.165, 1.54) is 30.0 Å². The van der Waals surface area contributed by atoms with Crippen LogP contribution in [-0.2, 0) is 14.3 Å². The van der Waals surface area contributed by atoms with E-state index in [1.807, 2.05) is 23.9 Å². The average molecular weight is 539 g/mol. The number of thiazole rings is 1. The van der Waals surface area contributed by atoms with Gasteiger partial charge in [0.25, 0.3) is 0 Å². The van der Waals surface area contributed by atoms with Crippen LogP contribution in [0.5, 0.6) is 0 Å². The third kappa shape index (κ3) is 5.37. The van der Waals surface area contributed by atoms with Crippen LogP contribution in [0, 0.1) is 23.2 Å². The summed E-state index contributed by atoms with van der Waals surface area (Å²) in [7, 11) is 0. The second-order valence-electron chi connectivity index (χ2n) is 7.84. The highest BCUT2D eigenvalue weighted by molar-refractivity contribution is 7.99. The number of carbonyl (C=O) groups excluding carboxylic acids is 1. The van der Waals surface area contributed by atoms with E-state index in [0.29, 0.717) is 15.9 Å². The van der Waals surface area contributed by atoms with Crippen LogP contribution in [0.3, 0.4) is 0 Å². The quantitative estimate of drug-likeness (QED) is 0.405. The predicted molar refractivity (Wildman–Crippen MR) is 129 cm³/mol. The third-order valence-corrected chi connectivity index (χ3v) is 8.28. The second kappa shape index (κ2) is 10.6. The molecule has 34 heavy (non-hydrogen) atoms. The largest absolute Gasteiger partial charge is 0.463 e. The summed E-state index contributed by atoms with van der Waals surface area (Å²) in [4.78, 5) is 20.6. The van der Waals surface area contributed by atoms with Gasteiger partial charge in [0.05, 0.1) is 23.4 Å². The van der Waals surface area contributed by atoms with Crippen LogP contribution in [0.2, 0.25) is 10.2 Å². The van der Waals surface area contributed by atoms with Crippen molar-refractivity contribution in [1.82, 2.24) is 25.0 Å². The number of halogens is 2. The standard InChI is InChI=1S/C21H20Cl2N6O3S2/c1-10-17(8-31-12(3)30)32-21(34-13-4-14(22)15(5-24)25-6-13)11(2)19(10)29-7-16(27-28-29)20-26-18(23)9-33-20/h4,6-7,9-11,17,19,21H,8H2,1-3H3/t10-,11?,17?,19-,21+/m0/s1. The summed E-state index contributed by atoms with van der Waals surface area (Å²) >= 11 is 15.0. The highest BCUT2D eigenvalue weighted by Crippen LogP contribution is 2.45. The summed E-state index contributed by atoms with van der Waals surface area (Å²) < 4.78 is 13.5. The molecule has 13 heteroatoms. The van der Waals surface area contributed by atoms with Gasteiger partial charge in [0.2, 0.25) is 0 Å². The van der Waals surface area contributed by atoms with E-state index in [0.717, 1.165) is 4.90 Å². The number of esters is 1. The maximum Gasteiger partial charge on any atom is 0.302 e. The molecule has 0 spiro atoms. The summed E-state index contributed by atoms with van der Waals surface area (Å²) in [5.41, 5.74) is 0.474. The van der Waals surface area contributed by atoms with Gasteiger partial charge in [-0.1, -0.05) is 54.0 Å². The van der Waals surface area contributed by atoms with Crippen molar-refractivity contribution < 1.29 is 14.3 Å². The number of carbonyl (C=O) groups is 1. The van der Waals surface area contributed by atoms with Gasteiger partial charge in [-0.2, -0.15) is 5.26 Å². The second-order valence-corrected chi connectivity index (χ2v) is 10.7. The lowest BCUT2D eigenvalue weighted by Gasteiger charge is -2.44. The first-order valence-electron chi connectivity index (χ1n) is 10.3. The van der Waals surface area contributed by atoms with Crippen molar-refractivity contribution in [3.05, 3.63) is 39.7 Å². The van der Waals surface area contributed by atoms with Gasteiger partial charge >= 0.3 is 5.97 Å². The van der Waals surface area contributed by atoms with Crippen molar-refractivity contribution in [1.29, 1.82) is 5.26 Å². The number of aromatic nitrogens is 5. The number of hydrogen-bond donors (Lipinski definition) is 0. The molecule has 4 rings (SSSR count). The molecule has 1 saturated heterocycles. The van der Waals surface area contributed by atoms with Crippen molar-refractivity contribution in [2.24, 2.45) is 11.8 Å². The molecule has 3 aromatic heterocycles. The number of thioether (sulfide) groups is 1. The zero-order valence-corrected chi connectivity index (χ0v) is 21.5. The molecule has 4 heterocycles. The average Bonchev–Trinajstić information content (AvgIpc) is 3.44. The Morgan fingerprint density at radius 2 is 2.18 bits per heavy atom. The highest BCUT2D eigenvalue weighted by Gasteiger charge is 2.44. The summed E-state index contributed by atoms with van der Waals surface area (Å²) in [6, 6.07) is 3.55. The van der Waals surface area contributed by atoms with E-state index >= 15 is 0 Å². The molecule has 0 radical (unpaired) electrons. The first-order valence-corrected chi connectivity index (χ1v) is 12.8. The molecule has 5 atom stereocenters. The Morgan fingerprint density at radius 3 is 2.82 bits per heavy atom. The van der Waals surface area contributed by atoms with Crippen LogP contribution in [-0.4, -0.2) is 49.1 Å². The summed E-state index contributed by atoms with van der Waals surface area (Å²) in [6.45, 7) is 5.60. The van der Waals surface area contributed by atoms with Crippen molar-refractivity contribution in [3.8, 4) is 16.8 Å². The van der Waals surface area contributed by atoms with Gasteiger partial charge in [0.15, 0.2) is 5.69 Å². The van der Waals surface area contributed by atoms with Gasteiger partial charge in [-0.3, -0.25) is 4.79 Å². The molecule has 3 aromatic rings. The topological polar surface area (TPSA) is 116 Å². The molecule has 9 nitrogen and oxygen atoms in total. The van der Waals surface area contributed by atoms with Crippen LogP contribution >= 0.6 is 46.3 Å². The van der Waals surface area contributed by atoms with Gasteiger partial charge in [0.1, 0.15) is 34.0 Å². The Bertz CT molecular complexity index is 1230. The van der Waals surface area contributed by atoms with Crippen LogP contribution in [0.4, 0.5) is 0 Å². The molecular formula is C21H20Cl2N6O3S2. The van der Waals surface area contributed by atoms with Gasteiger partial charge < -0.3 is 9.47 Å². The minimum Gasteiger partial charge on any atom is -0.463 e. The zero-order valence-electron chi connectivity index (χ0n) is 18.4. The summed E-state index contributed by atoms with van der Waals surface area (Å²) in [5.74, 6) is -0.428. The minimum atomic E-state index is -0.373. The molecule has 1 fully saturated rings. The Morgan fingerprint density at radius 1 is 1.38 bits per heavy atom. The van der Waals surface area contributed by atoms with E-state index in [1.54, 1.807) is 17.6 Å². The van der Waals surface area contributed by atoms with Crippen LogP contribution < -0.4 is 0 Å². The van der Waals surface area contributed by atoms with Gasteiger partial charge in [-0.25, -0.2) is 14.6 Å². The Balaban J connectivity index is 1.62. The van der Waals surface area contributed by atoms with Gasteiger partial charge in [-0.15, -0.1) is 16.4 Å². The number of rotatable bonds is 6. The van der Waals surface area contributed by atoms with Crippen LogP contribution in [0.15, 0.2) is 28.7 Å². The number of hydrogen-bond acceptors (Lipinski definition) is 10. The van der Waals surface area contributed by atoms with Crippen molar-refractivity contribution in [3.63, 3.8) is 0 Å². The van der Waals surface area contributed by atoms with E-state index < -0.39 is 0 Å². The number of ether oxygens (including phenoxy) is 2. The molecule has 0 N–H and O–H groups in total. The normalized spacial score (nSPS) is 24.5. The fraction of sp³-hybridized carbons (Fsp3) is 0.429. The highest BCUT2D eigenvalue weighted by atomic mass is 35.5. The summed E-state index contributed by atoms with van der Waals surface area (Å²) in [6.07, 6.45) is 3.08. The first kappa shape index (κ1) is 24.9. The molecular weight excluding hydrogens is 519 g/mol. The van der Waals surface area contributed by atoms with Crippen LogP contribution in [0.25, 0.3) is 10.7 Å². The van der Waals surface area contributed by atoms with Crippen molar-refractivity contribution in [2.45, 2.75) is 43.2 Å². The fourth-order valence-electron chi connectivity index (χ4n) is 3.88. The van der Waals surface area contributed by atoms with Crippen molar-refractivity contribution >= 4 is 52.3 Å². The Labute approximate surface area is 214 Å². The number of nitriles is 1. The molecule has 1 aliphatic rings. The first-order chi connectivity index (χ1) is 16.3. The lowest BCUT2D eigenvalue weighted by atomic mass is 9.84. The molecule has 0 bridgehead atoms. The van der Waals surface area contributed by atoms with E-state index in [4.69, 9.17) is 37.9 Å². The van der Waals surface area contributed by atoms with Gasteiger partial charge in [-0.05, 0) is 6.07 Å². The van der Waals surface area contributed by atoms with Gasteiger partial charge in [0, 0.05) is 35.2 Å². The molecule has 178 valence electrons. The third-order valence-electron chi connectivity index (χ3n) is 5.54. The molecule has 1 aliphatic heterocycles. The number of nitrogens with zero attached hydrogens (tertiary/aromatic N) is 6. The molecule has 2 unspecified atom stereocenters. The maximum atomic E-state index is 11.5. The zero-order chi connectivity index (χ0) is 24.4. The van der Waals surface area contributed by atoms with E-state index in [-0.39, 0.29) is 52.7 Å². The van der Waals surface area contributed by atoms with E-state index in [2.05, 4.69) is 27.2 Å². The lowest BCUT2D eigenvalue weighted by molar-refractivity contribution is -0.156. The fourth-order valence-corrected chi connectivity index (χ4v) is 6.19. The van der Waals surface area contributed by atoms with Crippen LogP contribution in [0.1, 0.15) is 32.5 Å². The van der Waals surface area contributed by atoms with Crippen molar-refractivity contribution in [2.75, 3.05) is 6.61 Å². The lowest BCUT2D eigenvalue weighted by Crippen LogP contribution is -2.47. The molecule has 0 amide bonds. The molecule has 0 saturated carbocycles. The smallest absolute Gasteiger partial charge is 0.302 e. The van der Waals surface area contributed by atoms with E-state index in [9.17, 15) is 4.79 Å². The maximum absolute atomic E-state index is 11.5. The number of pyridine rings is 1. The predicted octanol–water partition coefficient (Wildman–Crippen LogP) is 4.87. The Hall–Kier alpha value is -2.23. The SMILES string of the molecule is CC(=O)OCC1O[C@H](Sc2cnc(C#N)c(Cl)c2)C(C)[C@@H](n2cc(-c3nc(Cl)cs3)nn2)[C@H]1C.